The second-order valence-corrected chi connectivity index (χ2v) is 6.11. The summed E-state index contributed by atoms with van der Waals surface area (Å²) in [5.41, 5.74) is 1.79. The standard InChI is InChI=1S/C18H21F4N3O/c1-4-11(2)7-15-8-13(5-6-25(15)23)14-9-16(19)17(24-10-14)26-12(3)18(20,21)22/h5-12H,4,23H2,1-3H3/b15-7-. The molecule has 0 radical (unpaired) electrons. The highest BCUT2D eigenvalue weighted by Crippen LogP contribution is 2.29. The molecule has 0 spiro atoms. The van der Waals surface area contributed by atoms with E-state index in [0.29, 0.717) is 17.1 Å². The van der Waals surface area contributed by atoms with Gasteiger partial charge in [0.2, 0.25) is 0 Å². The second kappa shape index (κ2) is 7.90. The number of alkyl halides is 3. The molecule has 1 aliphatic heterocycles. The number of aromatic nitrogens is 1. The molecular formula is C18H21F4N3O. The number of hydrogen-bond acceptors (Lipinski definition) is 4. The topological polar surface area (TPSA) is 51.4 Å². The lowest BCUT2D eigenvalue weighted by Crippen LogP contribution is -2.31. The first-order chi connectivity index (χ1) is 12.1. The lowest BCUT2D eigenvalue weighted by Gasteiger charge is -2.22. The molecule has 4 nitrogen and oxygen atoms in total. The first kappa shape index (κ1) is 20.0. The van der Waals surface area contributed by atoms with Crippen molar-refractivity contribution >= 4 is 5.57 Å². The Kier molecular flexibility index (Phi) is 6.07. The van der Waals surface area contributed by atoms with Crippen molar-refractivity contribution in [1.82, 2.24) is 9.99 Å². The number of pyridine rings is 1. The van der Waals surface area contributed by atoms with Crippen LogP contribution in [0, 0.1) is 11.7 Å². The molecule has 0 saturated carbocycles. The van der Waals surface area contributed by atoms with E-state index >= 15 is 0 Å². The average Bonchev–Trinajstić information content (AvgIpc) is 2.57. The molecule has 0 fully saturated rings. The molecule has 1 aromatic rings. The molecule has 2 rings (SSSR count). The monoisotopic (exact) mass is 371 g/mol. The van der Waals surface area contributed by atoms with Crippen LogP contribution in [-0.4, -0.2) is 22.3 Å². The van der Waals surface area contributed by atoms with Gasteiger partial charge in [-0.1, -0.05) is 26.3 Å². The number of hydrazine groups is 1. The highest BCUT2D eigenvalue weighted by Gasteiger charge is 2.38. The SMILES string of the molecule is CCC(C)/C=C1/C=C(c2cnc(OC(C)C(F)(F)F)c(F)c2)C=CN1N. The quantitative estimate of drug-likeness (QED) is 0.609. The van der Waals surface area contributed by atoms with E-state index in [4.69, 9.17) is 5.84 Å². The number of hydrogen-bond donors (Lipinski definition) is 1. The van der Waals surface area contributed by atoms with Gasteiger partial charge < -0.3 is 4.74 Å². The summed E-state index contributed by atoms with van der Waals surface area (Å²) in [6.45, 7) is 4.89. The summed E-state index contributed by atoms with van der Waals surface area (Å²) in [6, 6.07) is 1.09. The first-order valence-corrected chi connectivity index (χ1v) is 8.16. The third kappa shape index (κ3) is 4.85. The molecule has 2 atom stereocenters. The lowest BCUT2D eigenvalue weighted by molar-refractivity contribution is -0.190. The minimum absolute atomic E-state index is 0.301. The lowest BCUT2D eigenvalue weighted by atomic mass is 10.0. The van der Waals surface area contributed by atoms with E-state index < -0.39 is 24.0 Å². The fourth-order valence-corrected chi connectivity index (χ4v) is 2.16. The predicted molar refractivity (Wildman–Crippen MR) is 91.0 cm³/mol. The van der Waals surface area contributed by atoms with Crippen LogP contribution in [0.4, 0.5) is 17.6 Å². The number of ether oxygens (including phenoxy) is 1. The molecule has 2 N–H and O–H groups in total. The Balaban J connectivity index is 2.27. The molecule has 2 unspecified atom stereocenters. The number of halogens is 4. The maximum absolute atomic E-state index is 14.1. The molecule has 0 aromatic carbocycles. The highest BCUT2D eigenvalue weighted by molar-refractivity contribution is 5.77. The van der Waals surface area contributed by atoms with Crippen molar-refractivity contribution in [2.45, 2.75) is 39.5 Å². The molecule has 0 amide bonds. The van der Waals surface area contributed by atoms with Crippen LogP contribution in [0.5, 0.6) is 5.88 Å². The van der Waals surface area contributed by atoms with Gasteiger partial charge in [-0.05, 0) is 36.6 Å². The van der Waals surface area contributed by atoms with Crippen LogP contribution in [0.2, 0.25) is 0 Å². The number of rotatable bonds is 5. The number of nitrogens with zero attached hydrogens (tertiary/aromatic N) is 2. The van der Waals surface area contributed by atoms with Gasteiger partial charge in [0.15, 0.2) is 11.9 Å². The van der Waals surface area contributed by atoms with Crippen molar-refractivity contribution in [1.29, 1.82) is 0 Å². The van der Waals surface area contributed by atoms with Crippen LogP contribution in [-0.2, 0) is 0 Å². The summed E-state index contributed by atoms with van der Waals surface area (Å²) in [5, 5.41) is 1.45. The van der Waals surface area contributed by atoms with Crippen LogP contribution in [0.3, 0.4) is 0 Å². The maximum atomic E-state index is 14.1. The van der Waals surface area contributed by atoms with Gasteiger partial charge in [0.05, 0.1) is 5.70 Å². The summed E-state index contributed by atoms with van der Waals surface area (Å²) in [5.74, 6) is 4.54. The molecule has 2 heterocycles. The van der Waals surface area contributed by atoms with Crippen LogP contribution in [0.1, 0.15) is 32.8 Å². The summed E-state index contributed by atoms with van der Waals surface area (Å²) in [4.78, 5) is 3.69. The summed E-state index contributed by atoms with van der Waals surface area (Å²) in [6.07, 6.45) is 2.49. The third-order valence-corrected chi connectivity index (χ3v) is 4.01. The molecular weight excluding hydrogens is 350 g/mol. The fraction of sp³-hybridized carbons (Fsp3) is 0.389. The Bertz CT molecular complexity index is 740. The molecule has 0 aliphatic carbocycles. The van der Waals surface area contributed by atoms with Crippen molar-refractivity contribution in [2.24, 2.45) is 11.8 Å². The Hall–Kier alpha value is -2.35. The van der Waals surface area contributed by atoms with Crippen LogP contribution >= 0.6 is 0 Å². The van der Waals surface area contributed by atoms with Crippen molar-refractivity contribution in [3.63, 3.8) is 0 Å². The zero-order chi connectivity index (χ0) is 19.5. The van der Waals surface area contributed by atoms with Crippen LogP contribution in [0.15, 0.2) is 42.4 Å². The normalized spacial score (nSPS) is 18.7. The summed E-state index contributed by atoms with van der Waals surface area (Å²) < 4.78 is 56.3. The molecule has 1 aromatic heterocycles. The Labute approximate surface area is 149 Å². The molecule has 8 heteroatoms. The third-order valence-electron chi connectivity index (χ3n) is 4.01. The van der Waals surface area contributed by atoms with E-state index in [-0.39, 0.29) is 0 Å². The fourth-order valence-electron chi connectivity index (χ4n) is 2.16. The average molecular weight is 371 g/mol. The van der Waals surface area contributed by atoms with Gasteiger partial charge in [-0.15, -0.1) is 0 Å². The van der Waals surface area contributed by atoms with E-state index in [0.717, 1.165) is 25.1 Å². The largest absolute Gasteiger partial charge is 0.463 e. The van der Waals surface area contributed by atoms with Gasteiger partial charge >= 0.3 is 6.18 Å². The van der Waals surface area contributed by atoms with Gasteiger partial charge in [-0.2, -0.15) is 13.2 Å². The molecule has 0 saturated heterocycles. The van der Waals surface area contributed by atoms with E-state index in [1.807, 2.05) is 19.9 Å². The van der Waals surface area contributed by atoms with Crippen LogP contribution in [0.25, 0.3) is 5.57 Å². The predicted octanol–water partition coefficient (Wildman–Crippen LogP) is 4.57. The number of nitrogens with two attached hydrogens (primary N) is 1. The number of allylic oxidation sites excluding steroid dienone is 4. The van der Waals surface area contributed by atoms with Crippen molar-refractivity contribution in [2.75, 3.05) is 0 Å². The zero-order valence-electron chi connectivity index (χ0n) is 14.7. The van der Waals surface area contributed by atoms with E-state index in [1.165, 1.54) is 11.2 Å². The molecule has 142 valence electrons. The van der Waals surface area contributed by atoms with Crippen molar-refractivity contribution in [3.8, 4) is 5.88 Å². The second-order valence-electron chi connectivity index (χ2n) is 6.11. The smallest absolute Gasteiger partial charge is 0.425 e. The van der Waals surface area contributed by atoms with E-state index in [9.17, 15) is 17.6 Å². The maximum Gasteiger partial charge on any atom is 0.425 e. The van der Waals surface area contributed by atoms with Gasteiger partial charge in [-0.25, -0.2) is 15.2 Å². The molecule has 1 aliphatic rings. The van der Waals surface area contributed by atoms with Crippen LogP contribution < -0.4 is 10.6 Å². The van der Waals surface area contributed by atoms with E-state index in [1.54, 1.807) is 18.4 Å². The molecule has 26 heavy (non-hydrogen) atoms. The zero-order valence-corrected chi connectivity index (χ0v) is 14.7. The highest BCUT2D eigenvalue weighted by atomic mass is 19.4. The van der Waals surface area contributed by atoms with Crippen molar-refractivity contribution < 1.29 is 22.3 Å². The van der Waals surface area contributed by atoms with E-state index in [2.05, 4.69) is 9.72 Å². The summed E-state index contributed by atoms with van der Waals surface area (Å²) in [7, 11) is 0. The summed E-state index contributed by atoms with van der Waals surface area (Å²) >= 11 is 0. The minimum Gasteiger partial charge on any atom is -0.463 e. The Morgan fingerprint density at radius 3 is 2.62 bits per heavy atom. The first-order valence-electron chi connectivity index (χ1n) is 8.16. The van der Waals surface area contributed by atoms with Crippen molar-refractivity contribution in [3.05, 3.63) is 53.8 Å². The van der Waals surface area contributed by atoms with Gasteiger partial charge in [0, 0.05) is 18.0 Å². The van der Waals surface area contributed by atoms with Gasteiger partial charge in [0.1, 0.15) is 0 Å². The Morgan fingerprint density at radius 1 is 1.35 bits per heavy atom. The van der Waals surface area contributed by atoms with Gasteiger partial charge in [0.25, 0.3) is 5.88 Å². The molecule has 0 bridgehead atoms. The van der Waals surface area contributed by atoms with Gasteiger partial charge in [-0.3, -0.25) is 5.01 Å². The Morgan fingerprint density at radius 2 is 2.04 bits per heavy atom. The minimum atomic E-state index is -4.60.